The molecule has 0 aliphatic heterocycles. The zero-order chi connectivity index (χ0) is 9.78. The highest BCUT2D eigenvalue weighted by atomic mass is 35.5. The Labute approximate surface area is 98.8 Å². The molecule has 0 nitrogen and oxygen atoms in total. The van der Waals surface area contributed by atoms with Gasteiger partial charge in [-0.25, -0.2) is 0 Å². The molecule has 0 unspecified atom stereocenters. The quantitative estimate of drug-likeness (QED) is 0.360. The summed E-state index contributed by atoms with van der Waals surface area (Å²) in [4.78, 5) is 0. The lowest BCUT2D eigenvalue weighted by atomic mass is 10.2. The van der Waals surface area contributed by atoms with E-state index >= 15 is 0 Å². The van der Waals surface area contributed by atoms with Crippen molar-refractivity contribution in [1.82, 2.24) is 0 Å². The molecule has 0 aromatic carbocycles. The topological polar surface area (TPSA) is 0 Å². The van der Waals surface area contributed by atoms with Crippen molar-refractivity contribution >= 4 is 21.0 Å². The minimum atomic E-state index is 0. The smallest absolute Gasteiger partial charge is 0.0353 e. The molecular weight excluding hydrogens is 211 g/mol. The molecule has 0 saturated heterocycles. The van der Waals surface area contributed by atoms with E-state index in [1.807, 2.05) is 0 Å². The van der Waals surface area contributed by atoms with Gasteiger partial charge in [-0.3, -0.25) is 0 Å². The van der Waals surface area contributed by atoms with E-state index in [-0.39, 0.29) is 12.4 Å². The Balaban J connectivity index is 0. The fraction of sp³-hybridized carbons (Fsp3) is 1.00. The predicted molar refractivity (Wildman–Crippen MR) is 73.6 cm³/mol. The highest BCUT2D eigenvalue weighted by Crippen LogP contribution is 2.16. The molecule has 0 heterocycles. The maximum Gasteiger partial charge on any atom is -0.0353 e. The van der Waals surface area contributed by atoms with E-state index in [0.29, 0.717) is 0 Å². The summed E-state index contributed by atoms with van der Waals surface area (Å²) in [7, 11) is 1.25. The molecule has 0 rings (SSSR count). The van der Waals surface area contributed by atoms with Crippen LogP contribution in [0.3, 0.4) is 0 Å². The molecule has 0 atom stereocenters. The lowest BCUT2D eigenvalue weighted by Crippen LogP contribution is -1.83. The molecule has 0 fully saturated rings. The van der Waals surface area contributed by atoms with Gasteiger partial charge in [-0.15, -0.1) is 21.0 Å². The van der Waals surface area contributed by atoms with Gasteiger partial charge in [0.25, 0.3) is 0 Å². The van der Waals surface area contributed by atoms with Crippen molar-refractivity contribution in [2.75, 3.05) is 12.3 Å². The molecule has 0 radical (unpaired) electrons. The maximum atomic E-state index is 2.28. The SMILES string of the molecule is CCCCCCPCCCCCC.Cl. The van der Waals surface area contributed by atoms with E-state index in [4.69, 9.17) is 0 Å². The minimum absolute atomic E-state index is 0. The summed E-state index contributed by atoms with van der Waals surface area (Å²) >= 11 is 0. The van der Waals surface area contributed by atoms with Crippen LogP contribution in [0, 0.1) is 0 Å². The zero-order valence-corrected chi connectivity index (χ0v) is 11.8. The lowest BCUT2D eigenvalue weighted by molar-refractivity contribution is 0.698. The highest BCUT2D eigenvalue weighted by molar-refractivity contribution is 7.37. The molecule has 0 aromatic heterocycles. The lowest BCUT2D eigenvalue weighted by Gasteiger charge is -2.01. The second kappa shape index (κ2) is 16.2. The number of halogens is 1. The van der Waals surface area contributed by atoms with Crippen molar-refractivity contribution < 1.29 is 0 Å². The fourth-order valence-electron chi connectivity index (χ4n) is 1.48. The summed E-state index contributed by atoms with van der Waals surface area (Å²) in [6, 6.07) is 0. The van der Waals surface area contributed by atoms with Crippen LogP contribution in [0.4, 0.5) is 0 Å². The number of unbranched alkanes of at least 4 members (excludes halogenated alkanes) is 6. The van der Waals surface area contributed by atoms with Gasteiger partial charge in [-0.2, -0.15) is 0 Å². The summed E-state index contributed by atoms with van der Waals surface area (Å²) in [5.74, 6) is 0. The molecule has 0 bridgehead atoms. The van der Waals surface area contributed by atoms with E-state index in [1.165, 1.54) is 72.3 Å². The maximum absolute atomic E-state index is 2.28. The molecule has 0 N–H and O–H groups in total. The van der Waals surface area contributed by atoms with Crippen molar-refractivity contribution in [2.24, 2.45) is 0 Å². The monoisotopic (exact) mass is 238 g/mol. The summed E-state index contributed by atoms with van der Waals surface area (Å²) in [5.41, 5.74) is 0. The Morgan fingerprint density at radius 2 is 1.07 bits per heavy atom. The molecule has 0 aliphatic rings. The van der Waals surface area contributed by atoms with E-state index in [0.717, 1.165) is 0 Å². The molecule has 0 spiro atoms. The van der Waals surface area contributed by atoms with Gasteiger partial charge in [-0.1, -0.05) is 52.4 Å². The van der Waals surface area contributed by atoms with Gasteiger partial charge in [-0.05, 0) is 25.2 Å². The van der Waals surface area contributed by atoms with Gasteiger partial charge in [0.05, 0.1) is 0 Å². The van der Waals surface area contributed by atoms with Crippen molar-refractivity contribution in [3.8, 4) is 0 Å². The van der Waals surface area contributed by atoms with Gasteiger partial charge in [0.15, 0.2) is 0 Å². The largest absolute Gasteiger partial charge is 0.147 e. The Morgan fingerprint density at radius 3 is 1.43 bits per heavy atom. The minimum Gasteiger partial charge on any atom is -0.147 e. The van der Waals surface area contributed by atoms with Crippen LogP contribution in [-0.4, -0.2) is 12.3 Å². The van der Waals surface area contributed by atoms with Gasteiger partial charge in [0.2, 0.25) is 0 Å². The third-order valence-corrected chi connectivity index (χ3v) is 3.83. The number of rotatable bonds is 10. The van der Waals surface area contributed by atoms with Crippen molar-refractivity contribution in [2.45, 2.75) is 65.2 Å². The summed E-state index contributed by atoms with van der Waals surface area (Å²) < 4.78 is 0. The first-order valence-electron chi connectivity index (χ1n) is 6.12. The van der Waals surface area contributed by atoms with Crippen LogP contribution in [-0.2, 0) is 0 Å². The third-order valence-electron chi connectivity index (χ3n) is 2.41. The number of hydrogen-bond acceptors (Lipinski definition) is 0. The molecule has 2 heteroatoms. The van der Waals surface area contributed by atoms with Crippen LogP contribution in [0.15, 0.2) is 0 Å². The molecule has 0 amide bonds. The van der Waals surface area contributed by atoms with E-state index in [2.05, 4.69) is 13.8 Å². The van der Waals surface area contributed by atoms with Crippen LogP contribution in [0.2, 0.25) is 0 Å². The molecule has 0 saturated carbocycles. The third kappa shape index (κ3) is 15.2. The standard InChI is InChI=1S/C12H27P.ClH/c1-3-5-7-9-11-13-12-10-8-6-4-2;/h13H,3-12H2,1-2H3;1H. The van der Waals surface area contributed by atoms with Gasteiger partial charge >= 0.3 is 0 Å². The highest BCUT2D eigenvalue weighted by Gasteiger charge is 1.90. The fourth-order valence-corrected chi connectivity index (χ4v) is 2.73. The summed E-state index contributed by atoms with van der Waals surface area (Å²) in [5, 5.41) is 0. The Kier molecular flexibility index (Phi) is 19.8. The van der Waals surface area contributed by atoms with E-state index in [9.17, 15) is 0 Å². The van der Waals surface area contributed by atoms with Crippen LogP contribution >= 0.6 is 21.0 Å². The molecule has 14 heavy (non-hydrogen) atoms. The molecule has 0 aromatic rings. The van der Waals surface area contributed by atoms with Gasteiger partial charge in [0.1, 0.15) is 0 Å². The van der Waals surface area contributed by atoms with Crippen LogP contribution in [0.25, 0.3) is 0 Å². The average Bonchev–Trinajstić information content (AvgIpc) is 2.16. The van der Waals surface area contributed by atoms with E-state index < -0.39 is 0 Å². The molecular formula is C12H28ClP. The first-order chi connectivity index (χ1) is 6.41. The van der Waals surface area contributed by atoms with E-state index in [1.54, 1.807) is 0 Å². The summed E-state index contributed by atoms with van der Waals surface area (Å²) in [6.07, 6.45) is 14.6. The van der Waals surface area contributed by atoms with Gasteiger partial charge < -0.3 is 0 Å². The Morgan fingerprint density at radius 1 is 0.643 bits per heavy atom. The average molecular weight is 239 g/mol. The van der Waals surface area contributed by atoms with Crippen LogP contribution in [0.1, 0.15) is 65.2 Å². The van der Waals surface area contributed by atoms with Crippen LogP contribution in [0.5, 0.6) is 0 Å². The molecule has 0 aliphatic carbocycles. The normalized spacial score (nSPS) is 9.86. The second-order valence-electron chi connectivity index (χ2n) is 3.87. The predicted octanol–water partition coefficient (Wildman–Crippen LogP) is 5.25. The zero-order valence-electron chi connectivity index (χ0n) is 9.98. The summed E-state index contributed by atoms with van der Waals surface area (Å²) in [6.45, 7) is 4.57. The van der Waals surface area contributed by atoms with Gasteiger partial charge in [0, 0.05) is 0 Å². The van der Waals surface area contributed by atoms with Crippen LogP contribution < -0.4 is 0 Å². The second-order valence-corrected chi connectivity index (χ2v) is 5.37. The first-order valence-corrected chi connectivity index (χ1v) is 7.54. The Hall–Kier alpha value is 0.720. The van der Waals surface area contributed by atoms with Crippen molar-refractivity contribution in [1.29, 1.82) is 0 Å². The first kappa shape index (κ1) is 17.1. The number of hydrogen-bond donors (Lipinski definition) is 0. The van der Waals surface area contributed by atoms with Crippen molar-refractivity contribution in [3.63, 3.8) is 0 Å². The Bertz CT molecular complexity index is 76.4. The van der Waals surface area contributed by atoms with Crippen molar-refractivity contribution in [3.05, 3.63) is 0 Å². The molecule has 88 valence electrons.